The van der Waals surface area contributed by atoms with E-state index in [2.05, 4.69) is 21.9 Å². The molecule has 1 fully saturated rings. The third-order valence-corrected chi connectivity index (χ3v) is 6.14. The third kappa shape index (κ3) is 1.87. The molecule has 6 nitrogen and oxygen atoms in total. The first-order chi connectivity index (χ1) is 8.96. The molecule has 1 aromatic heterocycles. The van der Waals surface area contributed by atoms with Gasteiger partial charge in [0, 0.05) is 19.0 Å². The van der Waals surface area contributed by atoms with Gasteiger partial charge in [0.1, 0.15) is 11.2 Å². The quantitative estimate of drug-likeness (QED) is 0.674. The molecule has 19 heavy (non-hydrogen) atoms. The van der Waals surface area contributed by atoms with E-state index in [1.807, 2.05) is 0 Å². The van der Waals surface area contributed by atoms with Gasteiger partial charge >= 0.3 is 0 Å². The van der Waals surface area contributed by atoms with Gasteiger partial charge in [-0.15, -0.1) is 0 Å². The van der Waals surface area contributed by atoms with E-state index < -0.39 is 10.0 Å². The molecule has 1 aromatic rings. The lowest BCUT2D eigenvalue weighted by molar-refractivity contribution is 0.156. The zero-order valence-electron chi connectivity index (χ0n) is 11.2. The largest absolute Gasteiger partial charge is 0.306 e. The van der Waals surface area contributed by atoms with Crippen LogP contribution < -0.4 is 0 Å². The van der Waals surface area contributed by atoms with Crippen LogP contribution in [0.25, 0.3) is 0 Å². The van der Waals surface area contributed by atoms with E-state index >= 15 is 0 Å². The van der Waals surface area contributed by atoms with Gasteiger partial charge in [-0.1, -0.05) is 0 Å². The van der Waals surface area contributed by atoms with E-state index in [0.717, 1.165) is 25.9 Å². The van der Waals surface area contributed by atoms with Gasteiger partial charge in [0.05, 0.1) is 11.9 Å². The molecule has 0 aromatic carbocycles. The number of aromatic nitrogens is 2. The Bertz CT molecular complexity index is 594. The van der Waals surface area contributed by atoms with Crippen LogP contribution in [0.2, 0.25) is 0 Å². The van der Waals surface area contributed by atoms with Gasteiger partial charge < -0.3 is 4.90 Å². The second-order valence-corrected chi connectivity index (χ2v) is 7.59. The minimum Gasteiger partial charge on any atom is -0.306 e. The summed E-state index contributed by atoms with van der Waals surface area (Å²) in [6.45, 7) is 2.46. The first kappa shape index (κ1) is 13.0. The Morgan fingerprint density at radius 3 is 2.63 bits per heavy atom. The Balaban J connectivity index is 2.14. The molecule has 0 bridgehead atoms. The molecule has 0 amide bonds. The molecule has 0 unspecified atom stereocenters. The van der Waals surface area contributed by atoms with Crippen LogP contribution in [0.3, 0.4) is 0 Å². The van der Waals surface area contributed by atoms with Crippen molar-refractivity contribution in [3.8, 4) is 0 Å². The van der Waals surface area contributed by atoms with E-state index in [4.69, 9.17) is 0 Å². The highest BCUT2D eigenvalue weighted by molar-refractivity contribution is 7.89. The summed E-state index contributed by atoms with van der Waals surface area (Å²) in [5, 5.41) is 0. The predicted molar refractivity (Wildman–Crippen MR) is 70.3 cm³/mol. The number of likely N-dealkylation sites (tertiary alicyclic amines) is 1. The smallest absolute Gasteiger partial charge is 0.246 e. The van der Waals surface area contributed by atoms with Gasteiger partial charge in [0.2, 0.25) is 10.0 Å². The second-order valence-electron chi connectivity index (χ2n) is 5.58. The van der Waals surface area contributed by atoms with Crippen molar-refractivity contribution >= 4 is 10.0 Å². The van der Waals surface area contributed by atoms with Gasteiger partial charge in [-0.3, -0.25) is 0 Å². The molecule has 0 N–H and O–H groups in total. The molecule has 7 heteroatoms. The summed E-state index contributed by atoms with van der Waals surface area (Å²) in [6, 6.07) is 0. The zero-order chi connectivity index (χ0) is 13.7. The van der Waals surface area contributed by atoms with E-state index in [9.17, 15) is 8.42 Å². The lowest BCUT2D eigenvalue weighted by Crippen LogP contribution is -2.52. The molecular weight excluding hydrogens is 264 g/mol. The standard InChI is InChI=1S/C12H18N4O2S/c1-15-5-3-12(4-6-15)8-16(2)19(17,18)10-7-13-9-14-11(10)12/h7,9H,3-6,8H2,1-2H3. The SMILES string of the molecule is CN1CCC2(CC1)CN(C)S(=O)(=O)c1cncnc12. The predicted octanol–water partition coefficient (Wildman–Crippen LogP) is 0.0741. The Hall–Kier alpha value is -1.05. The summed E-state index contributed by atoms with van der Waals surface area (Å²) in [5.74, 6) is 0. The van der Waals surface area contributed by atoms with E-state index in [-0.39, 0.29) is 10.3 Å². The molecule has 0 aliphatic carbocycles. The molecule has 1 spiro atoms. The van der Waals surface area contributed by atoms with Crippen molar-refractivity contribution in [3.05, 3.63) is 18.2 Å². The van der Waals surface area contributed by atoms with Gasteiger partial charge in [-0.2, -0.15) is 4.31 Å². The topological polar surface area (TPSA) is 66.4 Å². The summed E-state index contributed by atoms with van der Waals surface area (Å²) in [6.07, 6.45) is 4.77. The lowest BCUT2D eigenvalue weighted by atomic mass is 9.75. The molecule has 0 radical (unpaired) electrons. The van der Waals surface area contributed by atoms with E-state index in [1.165, 1.54) is 16.8 Å². The van der Waals surface area contributed by atoms with Crippen LogP contribution in [-0.2, 0) is 15.4 Å². The van der Waals surface area contributed by atoms with Crippen molar-refractivity contribution in [2.45, 2.75) is 23.2 Å². The van der Waals surface area contributed by atoms with Crippen molar-refractivity contribution in [2.24, 2.45) is 0 Å². The van der Waals surface area contributed by atoms with E-state index in [1.54, 1.807) is 7.05 Å². The number of likely N-dealkylation sites (N-methyl/N-ethyl adjacent to an activating group) is 1. The number of hydrogen-bond acceptors (Lipinski definition) is 5. The van der Waals surface area contributed by atoms with Gasteiger partial charge in [0.15, 0.2) is 0 Å². The monoisotopic (exact) mass is 282 g/mol. The molecule has 2 aliphatic heterocycles. The first-order valence-corrected chi connectivity index (χ1v) is 7.85. The summed E-state index contributed by atoms with van der Waals surface area (Å²) in [4.78, 5) is 10.8. The lowest BCUT2D eigenvalue weighted by Gasteiger charge is -2.45. The Kier molecular flexibility index (Phi) is 2.88. The summed E-state index contributed by atoms with van der Waals surface area (Å²) in [5.41, 5.74) is 0.568. The van der Waals surface area contributed by atoms with Crippen LogP contribution in [-0.4, -0.2) is 61.3 Å². The van der Waals surface area contributed by atoms with Crippen LogP contribution in [0.4, 0.5) is 0 Å². The molecular formula is C12H18N4O2S. The maximum atomic E-state index is 12.3. The minimum atomic E-state index is -3.41. The van der Waals surface area contributed by atoms with Crippen molar-refractivity contribution in [1.82, 2.24) is 19.2 Å². The number of fused-ring (bicyclic) bond motifs is 2. The summed E-state index contributed by atoms with van der Waals surface area (Å²) in [7, 11) is 0.324. The van der Waals surface area contributed by atoms with Crippen LogP contribution in [0.15, 0.2) is 17.4 Å². The Morgan fingerprint density at radius 2 is 1.95 bits per heavy atom. The average Bonchev–Trinajstić information content (AvgIpc) is 2.40. The van der Waals surface area contributed by atoms with Crippen LogP contribution in [0.5, 0.6) is 0 Å². The molecule has 3 rings (SSSR count). The maximum absolute atomic E-state index is 12.3. The van der Waals surface area contributed by atoms with Gasteiger partial charge in [-0.05, 0) is 33.0 Å². The summed E-state index contributed by atoms with van der Waals surface area (Å²) >= 11 is 0. The molecule has 2 aliphatic rings. The second kappa shape index (κ2) is 4.22. The number of piperidine rings is 1. The van der Waals surface area contributed by atoms with Crippen molar-refractivity contribution < 1.29 is 8.42 Å². The fourth-order valence-electron chi connectivity index (χ4n) is 3.10. The van der Waals surface area contributed by atoms with Gasteiger partial charge in [-0.25, -0.2) is 18.4 Å². The third-order valence-electron chi connectivity index (χ3n) is 4.34. The highest BCUT2D eigenvalue weighted by Gasteiger charge is 2.47. The molecule has 1 saturated heterocycles. The maximum Gasteiger partial charge on any atom is 0.246 e. The van der Waals surface area contributed by atoms with Crippen LogP contribution in [0.1, 0.15) is 18.5 Å². The normalized spacial score (nSPS) is 26.2. The minimum absolute atomic E-state index is 0.148. The number of sulfonamides is 1. The van der Waals surface area contributed by atoms with Crippen LogP contribution in [0, 0.1) is 0 Å². The molecule has 104 valence electrons. The fourth-order valence-corrected chi connectivity index (χ4v) is 4.56. The first-order valence-electron chi connectivity index (χ1n) is 6.41. The van der Waals surface area contributed by atoms with Crippen LogP contribution >= 0.6 is 0 Å². The Labute approximate surface area is 113 Å². The Morgan fingerprint density at radius 1 is 1.26 bits per heavy atom. The number of nitrogens with zero attached hydrogens (tertiary/aromatic N) is 4. The zero-order valence-corrected chi connectivity index (χ0v) is 12.0. The van der Waals surface area contributed by atoms with Crippen molar-refractivity contribution in [2.75, 3.05) is 33.7 Å². The molecule has 3 heterocycles. The highest BCUT2D eigenvalue weighted by Crippen LogP contribution is 2.42. The van der Waals surface area contributed by atoms with E-state index in [0.29, 0.717) is 12.2 Å². The van der Waals surface area contributed by atoms with Gasteiger partial charge in [0.25, 0.3) is 0 Å². The molecule has 0 saturated carbocycles. The summed E-state index contributed by atoms with van der Waals surface area (Å²) < 4.78 is 26.1. The highest BCUT2D eigenvalue weighted by atomic mass is 32.2. The van der Waals surface area contributed by atoms with Crippen molar-refractivity contribution in [1.29, 1.82) is 0 Å². The number of rotatable bonds is 0. The fraction of sp³-hybridized carbons (Fsp3) is 0.667. The average molecular weight is 282 g/mol. The van der Waals surface area contributed by atoms with Crippen molar-refractivity contribution in [3.63, 3.8) is 0 Å². The molecule has 0 atom stereocenters. The number of hydrogen-bond donors (Lipinski definition) is 0.